The molecule has 1 N–H and O–H groups in total. The molecule has 0 fully saturated rings. The van der Waals surface area contributed by atoms with Gasteiger partial charge in [-0.2, -0.15) is 8.42 Å². The SMILES string of the molecule is CCCCCCCCCCCCCCCCCCOS(=O)(=O)OC.C[NH+](C)C. The van der Waals surface area contributed by atoms with Crippen molar-refractivity contribution in [2.75, 3.05) is 34.9 Å². The van der Waals surface area contributed by atoms with Gasteiger partial charge in [0.25, 0.3) is 0 Å². The van der Waals surface area contributed by atoms with Gasteiger partial charge in [0.1, 0.15) is 0 Å². The maximum atomic E-state index is 10.9. The van der Waals surface area contributed by atoms with Crippen molar-refractivity contribution in [2.45, 2.75) is 110 Å². The van der Waals surface area contributed by atoms with E-state index in [4.69, 9.17) is 0 Å². The number of hydrogen-bond acceptors (Lipinski definition) is 4. The first-order valence-corrected chi connectivity index (χ1v) is 12.9. The molecule has 6 heteroatoms. The minimum Gasteiger partial charge on any atom is -0.342 e. The summed E-state index contributed by atoms with van der Waals surface area (Å²) in [5.41, 5.74) is 0. The average Bonchev–Trinajstić information content (AvgIpc) is 2.64. The molecule has 0 aliphatic carbocycles. The second kappa shape index (κ2) is 23.1. The molecule has 0 aromatic heterocycles. The van der Waals surface area contributed by atoms with Crippen LogP contribution in [0.3, 0.4) is 0 Å². The fourth-order valence-electron chi connectivity index (χ4n) is 2.86. The Labute approximate surface area is 176 Å². The highest BCUT2D eigenvalue weighted by atomic mass is 32.3. The van der Waals surface area contributed by atoms with E-state index in [-0.39, 0.29) is 6.61 Å². The van der Waals surface area contributed by atoms with E-state index in [0.717, 1.165) is 26.4 Å². The highest BCUT2D eigenvalue weighted by Gasteiger charge is 2.07. The molecule has 0 atom stereocenters. The molecule has 0 saturated heterocycles. The summed E-state index contributed by atoms with van der Waals surface area (Å²) in [6.07, 6.45) is 20.8. The normalized spacial score (nSPS) is 11.5. The van der Waals surface area contributed by atoms with Crippen molar-refractivity contribution in [3.63, 3.8) is 0 Å². The smallest absolute Gasteiger partial charge is 0.342 e. The van der Waals surface area contributed by atoms with Crippen LogP contribution in [0.2, 0.25) is 0 Å². The Balaban J connectivity index is 0. The molecule has 28 heavy (non-hydrogen) atoms. The fourth-order valence-corrected chi connectivity index (χ4v) is 3.28. The van der Waals surface area contributed by atoms with Crippen LogP contribution in [0.5, 0.6) is 0 Å². The quantitative estimate of drug-likeness (QED) is 0.299. The minimum atomic E-state index is -3.74. The average molecular weight is 425 g/mol. The minimum absolute atomic E-state index is 0.231. The second-order valence-corrected chi connectivity index (χ2v) is 9.59. The molecule has 5 nitrogen and oxygen atoms in total. The molecule has 172 valence electrons. The Hall–Kier alpha value is -0.170. The van der Waals surface area contributed by atoms with Crippen LogP contribution in [0.4, 0.5) is 0 Å². The summed E-state index contributed by atoms with van der Waals surface area (Å²) in [5, 5.41) is 0. The Bertz CT molecular complexity index is 383. The summed E-state index contributed by atoms with van der Waals surface area (Å²) in [6.45, 7) is 2.50. The van der Waals surface area contributed by atoms with Gasteiger partial charge in [0.2, 0.25) is 0 Å². The van der Waals surface area contributed by atoms with Gasteiger partial charge in [0.05, 0.1) is 34.9 Å². The number of unbranched alkanes of at least 4 members (excludes halogenated alkanes) is 15. The molecule has 0 aromatic rings. The standard InChI is InChI=1S/C19H40O4S.C3H9N/c1-3-4-5-6-7-8-9-10-11-12-13-14-15-16-17-18-19-23-24(20,21)22-2;1-4(2)3/h3-19H2,1-2H3;1-3H3/p+1. The van der Waals surface area contributed by atoms with E-state index in [1.165, 1.54) is 88.4 Å². The first kappa shape index (κ1) is 30.0. The molecule has 0 saturated carbocycles. The first-order valence-electron chi connectivity index (χ1n) is 11.6. The molecule has 0 radical (unpaired) electrons. The lowest BCUT2D eigenvalue weighted by atomic mass is 10.0. The summed E-state index contributed by atoms with van der Waals surface area (Å²) in [5.74, 6) is 0. The fraction of sp³-hybridized carbons (Fsp3) is 1.00. The largest absolute Gasteiger partial charge is 0.399 e. The van der Waals surface area contributed by atoms with E-state index in [1.54, 1.807) is 0 Å². The third-order valence-electron chi connectivity index (χ3n) is 4.43. The number of nitrogens with one attached hydrogen (secondary N) is 1. The van der Waals surface area contributed by atoms with Crippen molar-refractivity contribution in [3.8, 4) is 0 Å². The molecule has 0 unspecified atom stereocenters. The van der Waals surface area contributed by atoms with Gasteiger partial charge < -0.3 is 4.90 Å². The second-order valence-electron chi connectivity index (χ2n) is 8.20. The highest BCUT2D eigenvalue weighted by molar-refractivity contribution is 7.81. The summed E-state index contributed by atoms with van der Waals surface area (Å²) in [7, 11) is 3.62. The molecular formula is C22H50NO4S+. The van der Waals surface area contributed by atoms with Gasteiger partial charge in [0.15, 0.2) is 0 Å². The Morgan fingerprint density at radius 1 is 0.607 bits per heavy atom. The zero-order valence-electron chi connectivity index (χ0n) is 19.6. The summed E-state index contributed by atoms with van der Waals surface area (Å²) in [4.78, 5) is 1.42. The van der Waals surface area contributed by atoms with E-state index in [0.29, 0.717) is 0 Å². The third kappa shape index (κ3) is 30.6. The Morgan fingerprint density at radius 3 is 1.18 bits per heavy atom. The van der Waals surface area contributed by atoms with Crippen LogP contribution < -0.4 is 4.90 Å². The molecule has 0 spiro atoms. The maximum absolute atomic E-state index is 10.9. The van der Waals surface area contributed by atoms with Crippen LogP contribution >= 0.6 is 0 Å². The zero-order chi connectivity index (χ0) is 21.5. The molecular weight excluding hydrogens is 374 g/mol. The number of hydrogen-bond donors (Lipinski definition) is 1. The predicted octanol–water partition coefficient (Wildman–Crippen LogP) is 4.92. The molecule has 0 aliphatic rings. The van der Waals surface area contributed by atoms with Crippen LogP contribution in [0, 0.1) is 0 Å². The van der Waals surface area contributed by atoms with Gasteiger partial charge in [0, 0.05) is 0 Å². The van der Waals surface area contributed by atoms with Crippen LogP contribution in [-0.2, 0) is 18.8 Å². The van der Waals surface area contributed by atoms with E-state index >= 15 is 0 Å². The maximum Gasteiger partial charge on any atom is 0.399 e. The monoisotopic (exact) mass is 424 g/mol. The van der Waals surface area contributed by atoms with Crippen molar-refractivity contribution in [1.82, 2.24) is 0 Å². The van der Waals surface area contributed by atoms with Gasteiger partial charge >= 0.3 is 10.4 Å². The van der Waals surface area contributed by atoms with Crippen molar-refractivity contribution in [2.24, 2.45) is 0 Å². The molecule has 0 rings (SSSR count). The summed E-state index contributed by atoms with van der Waals surface area (Å²) < 4.78 is 30.7. The van der Waals surface area contributed by atoms with Crippen LogP contribution in [-0.4, -0.2) is 43.3 Å². The topological polar surface area (TPSA) is 57.0 Å². The van der Waals surface area contributed by atoms with Gasteiger partial charge in [-0.3, -0.25) is 4.18 Å². The highest BCUT2D eigenvalue weighted by Crippen LogP contribution is 2.13. The lowest BCUT2D eigenvalue weighted by Gasteiger charge is -2.04. The molecule has 0 heterocycles. The predicted molar refractivity (Wildman–Crippen MR) is 120 cm³/mol. The van der Waals surface area contributed by atoms with Crippen molar-refractivity contribution >= 4 is 10.4 Å². The van der Waals surface area contributed by atoms with Gasteiger partial charge in [-0.05, 0) is 6.42 Å². The molecule has 0 aromatic carbocycles. The van der Waals surface area contributed by atoms with E-state index in [2.05, 4.69) is 36.4 Å². The Morgan fingerprint density at radius 2 is 0.893 bits per heavy atom. The Kier molecular flexibility index (Phi) is 24.8. The lowest BCUT2D eigenvalue weighted by Crippen LogP contribution is -3.02. The molecule has 0 amide bonds. The molecule has 0 bridgehead atoms. The molecule has 0 aliphatic heterocycles. The van der Waals surface area contributed by atoms with Crippen molar-refractivity contribution < 1.29 is 21.7 Å². The van der Waals surface area contributed by atoms with E-state index < -0.39 is 10.4 Å². The number of rotatable bonds is 19. The van der Waals surface area contributed by atoms with Gasteiger partial charge in [-0.25, -0.2) is 4.18 Å². The van der Waals surface area contributed by atoms with Crippen molar-refractivity contribution in [3.05, 3.63) is 0 Å². The van der Waals surface area contributed by atoms with Gasteiger partial charge in [-0.1, -0.05) is 103 Å². The lowest BCUT2D eigenvalue weighted by molar-refractivity contribution is -0.836. The van der Waals surface area contributed by atoms with Crippen LogP contribution in [0.25, 0.3) is 0 Å². The van der Waals surface area contributed by atoms with E-state index in [1.807, 2.05) is 0 Å². The van der Waals surface area contributed by atoms with E-state index in [9.17, 15) is 8.42 Å². The van der Waals surface area contributed by atoms with Crippen LogP contribution in [0.15, 0.2) is 0 Å². The third-order valence-corrected chi connectivity index (χ3v) is 5.29. The van der Waals surface area contributed by atoms with Crippen molar-refractivity contribution in [1.29, 1.82) is 0 Å². The van der Waals surface area contributed by atoms with Gasteiger partial charge in [-0.15, -0.1) is 0 Å². The first-order chi connectivity index (χ1) is 13.4. The summed E-state index contributed by atoms with van der Waals surface area (Å²) in [6, 6.07) is 0. The number of quaternary nitrogens is 1. The zero-order valence-corrected chi connectivity index (χ0v) is 20.4. The van der Waals surface area contributed by atoms with Crippen LogP contribution in [0.1, 0.15) is 110 Å². The summed E-state index contributed by atoms with van der Waals surface area (Å²) >= 11 is 0.